The Morgan fingerprint density at radius 3 is 2.64 bits per heavy atom. The molecule has 4 rings (SSSR count). The summed E-state index contributed by atoms with van der Waals surface area (Å²) in [6, 6.07) is 3.97. The molecule has 0 saturated carbocycles. The SMILES string of the molecule is COC1=CCCC=C1c1nnc(C(C)N2CC(C)(C)C(Oc3ccc(C#N)c(C(F)(F)F)c3)C2=O)o1. The summed E-state index contributed by atoms with van der Waals surface area (Å²) in [5, 5.41) is 17.3. The van der Waals surface area contributed by atoms with Crippen LogP contribution in [0.3, 0.4) is 0 Å². The molecule has 190 valence electrons. The topological polar surface area (TPSA) is 101 Å². The molecule has 2 heterocycles. The lowest BCUT2D eigenvalue weighted by molar-refractivity contribution is -0.138. The number of ether oxygens (including phenoxy) is 2. The number of amides is 1. The normalized spacial score (nSPS) is 20.4. The summed E-state index contributed by atoms with van der Waals surface area (Å²) in [4.78, 5) is 14.9. The predicted octanol–water partition coefficient (Wildman–Crippen LogP) is 5.04. The van der Waals surface area contributed by atoms with Gasteiger partial charge >= 0.3 is 6.18 Å². The van der Waals surface area contributed by atoms with Crippen molar-refractivity contribution in [2.45, 2.75) is 51.9 Å². The van der Waals surface area contributed by atoms with Crippen LogP contribution in [0.1, 0.15) is 62.6 Å². The first-order valence-corrected chi connectivity index (χ1v) is 11.3. The van der Waals surface area contributed by atoms with E-state index < -0.39 is 40.8 Å². The van der Waals surface area contributed by atoms with Crippen molar-refractivity contribution >= 4 is 11.5 Å². The molecule has 0 N–H and O–H groups in total. The van der Waals surface area contributed by atoms with Gasteiger partial charge in [-0.3, -0.25) is 4.79 Å². The second-order valence-electron chi connectivity index (χ2n) is 9.36. The second-order valence-corrected chi connectivity index (χ2v) is 9.36. The van der Waals surface area contributed by atoms with Crippen molar-refractivity contribution in [1.29, 1.82) is 5.26 Å². The molecule has 1 aliphatic carbocycles. The van der Waals surface area contributed by atoms with Gasteiger partial charge in [0.25, 0.3) is 11.8 Å². The van der Waals surface area contributed by atoms with Crippen LogP contribution in [-0.2, 0) is 15.7 Å². The lowest BCUT2D eigenvalue weighted by atomic mass is 9.89. The van der Waals surface area contributed by atoms with Crippen LogP contribution in [0.15, 0.2) is 40.5 Å². The van der Waals surface area contributed by atoms with E-state index in [0.29, 0.717) is 11.3 Å². The number of carbonyl (C=O) groups excluding carboxylic acids is 1. The number of likely N-dealkylation sites (tertiary alicyclic amines) is 1. The van der Waals surface area contributed by atoms with Gasteiger partial charge in [0.15, 0.2) is 6.10 Å². The maximum atomic E-state index is 13.4. The van der Waals surface area contributed by atoms with Crippen LogP contribution in [0, 0.1) is 16.7 Å². The molecule has 2 atom stereocenters. The molecule has 8 nitrogen and oxygen atoms in total. The Labute approximate surface area is 206 Å². The Bertz CT molecular complexity index is 1270. The van der Waals surface area contributed by atoms with Crippen molar-refractivity contribution in [3.05, 3.63) is 59.0 Å². The van der Waals surface area contributed by atoms with Gasteiger partial charge in [-0.15, -0.1) is 10.2 Å². The van der Waals surface area contributed by atoms with Gasteiger partial charge in [0.1, 0.15) is 17.6 Å². The average Bonchev–Trinajstić information content (AvgIpc) is 3.42. The average molecular weight is 502 g/mol. The van der Waals surface area contributed by atoms with Crippen molar-refractivity contribution in [3.63, 3.8) is 0 Å². The Morgan fingerprint density at radius 2 is 1.97 bits per heavy atom. The molecule has 1 aromatic carbocycles. The maximum absolute atomic E-state index is 13.4. The van der Waals surface area contributed by atoms with Gasteiger partial charge < -0.3 is 18.8 Å². The van der Waals surface area contributed by atoms with E-state index in [1.807, 2.05) is 12.2 Å². The van der Waals surface area contributed by atoms with Gasteiger partial charge in [-0.1, -0.05) is 19.9 Å². The van der Waals surface area contributed by atoms with Gasteiger partial charge in [0.2, 0.25) is 5.89 Å². The van der Waals surface area contributed by atoms with Gasteiger partial charge in [-0.25, -0.2) is 0 Å². The zero-order chi connectivity index (χ0) is 26.3. The van der Waals surface area contributed by atoms with E-state index in [1.54, 1.807) is 27.9 Å². The van der Waals surface area contributed by atoms with Crippen molar-refractivity contribution in [2.75, 3.05) is 13.7 Å². The van der Waals surface area contributed by atoms with Crippen LogP contribution in [0.5, 0.6) is 5.75 Å². The number of methoxy groups -OCH3 is 1. The fourth-order valence-electron chi connectivity index (χ4n) is 4.37. The highest BCUT2D eigenvalue weighted by Gasteiger charge is 2.50. The van der Waals surface area contributed by atoms with Crippen LogP contribution in [0.25, 0.3) is 5.57 Å². The first-order valence-electron chi connectivity index (χ1n) is 11.3. The van der Waals surface area contributed by atoms with E-state index in [4.69, 9.17) is 19.2 Å². The highest BCUT2D eigenvalue weighted by molar-refractivity contribution is 5.85. The number of benzene rings is 1. The molecule has 1 aliphatic heterocycles. The highest BCUT2D eigenvalue weighted by atomic mass is 19.4. The summed E-state index contributed by atoms with van der Waals surface area (Å²) in [6.07, 6.45) is -0.265. The Morgan fingerprint density at radius 1 is 1.25 bits per heavy atom. The molecule has 0 spiro atoms. The van der Waals surface area contributed by atoms with E-state index in [0.717, 1.165) is 25.0 Å². The van der Waals surface area contributed by atoms with Gasteiger partial charge in [0, 0.05) is 12.0 Å². The predicted molar refractivity (Wildman–Crippen MR) is 121 cm³/mol. The summed E-state index contributed by atoms with van der Waals surface area (Å²) in [6.45, 7) is 5.57. The number of alkyl halides is 3. The number of rotatable bonds is 6. The number of allylic oxidation sites excluding steroid dienone is 3. The number of halogens is 3. The van der Waals surface area contributed by atoms with Crippen molar-refractivity contribution in [1.82, 2.24) is 15.1 Å². The number of hydrogen-bond acceptors (Lipinski definition) is 7. The minimum absolute atomic E-state index is 0.148. The summed E-state index contributed by atoms with van der Waals surface area (Å²) in [5.74, 6) is 0.566. The fourth-order valence-corrected chi connectivity index (χ4v) is 4.37. The minimum atomic E-state index is -4.73. The number of carbonyl (C=O) groups is 1. The van der Waals surface area contributed by atoms with Crippen LogP contribution in [0.2, 0.25) is 0 Å². The fraction of sp³-hybridized carbons (Fsp3) is 0.440. The summed E-state index contributed by atoms with van der Waals surface area (Å²) in [7, 11) is 1.56. The zero-order valence-electron chi connectivity index (χ0n) is 20.2. The van der Waals surface area contributed by atoms with Crippen molar-refractivity contribution in [3.8, 4) is 11.8 Å². The molecular formula is C25H25F3N4O4. The number of nitrogens with zero attached hydrogens (tertiary/aromatic N) is 4. The molecule has 1 fully saturated rings. The van der Waals surface area contributed by atoms with Gasteiger partial charge in [0.05, 0.1) is 29.9 Å². The van der Waals surface area contributed by atoms with Gasteiger partial charge in [-0.05, 0) is 44.0 Å². The summed E-state index contributed by atoms with van der Waals surface area (Å²) >= 11 is 0. The second kappa shape index (κ2) is 9.33. The molecular weight excluding hydrogens is 477 g/mol. The molecule has 1 amide bonds. The van der Waals surface area contributed by atoms with E-state index in [2.05, 4.69) is 10.2 Å². The standard InChI is InChI=1S/C25H25F3N4O4/c1-14(21-30-31-22(36-21)17-7-5-6-8-19(17)34-4)32-13-24(2,3)20(23(32)33)35-16-10-9-15(12-29)18(11-16)25(26,27)28/h7-11,14,20H,5-6,13H2,1-4H3. The smallest absolute Gasteiger partial charge is 0.417 e. The van der Waals surface area contributed by atoms with E-state index >= 15 is 0 Å². The molecule has 11 heteroatoms. The molecule has 2 aromatic rings. The molecule has 1 aromatic heterocycles. The highest BCUT2D eigenvalue weighted by Crippen LogP contribution is 2.40. The number of aromatic nitrogens is 2. The number of hydrogen-bond donors (Lipinski definition) is 0. The van der Waals surface area contributed by atoms with Crippen LogP contribution in [0.4, 0.5) is 13.2 Å². The monoisotopic (exact) mass is 502 g/mol. The Balaban J connectivity index is 1.56. The third-order valence-electron chi connectivity index (χ3n) is 6.29. The molecule has 0 radical (unpaired) electrons. The van der Waals surface area contributed by atoms with Gasteiger partial charge in [-0.2, -0.15) is 18.4 Å². The third kappa shape index (κ3) is 4.67. The first-order chi connectivity index (χ1) is 17.0. The molecule has 0 bridgehead atoms. The maximum Gasteiger partial charge on any atom is 0.417 e. The quantitative estimate of drug-likeness (QED) is 0.545. The van der Waals surface area contributed by atoms with E-state index in [-0.39, 0.29) is 24.1 Å². The Kier molecular flexibility index (Phi) is 6.56. The minimum Gasteiger partial charge on any atom is -0.496 e. The van der Waals surface area contributed by atoms with Crippen molar-refractivity contribution < 1.29 is 31.9 Å². The third-order valence-corrected chi connectivity index (χ3v) is 6.29. The molecule has 2 unspecified atom stereocenters. The summed E-state index contributed by atoms with van der Waals surface area (Å²) in [5.41, 5.74) is -1.69. The molecule has 2 aliphatic rings. The summed E-state index contributed by atoms with van der Waals surface area (Å²) < 4.78 is 57.2. The number of nitriles is 1. The van der Waals surface area contributed by atoms with Crippen LogP contribution in [-0.4, -0.2) is 40.8 Å². The first kappa shape index (κ1) is 25.3. The largest absolute Gasteiger partial charge is 0.496 e. The zero-order valence-corrected chi connectivity index (χ0v) is 20.2. The van der Waals surface area contributed by atoms with E-state index in [9.17, 15) is 18.0 Å². The molecule has 1 saturated heterocycles. The van der Waals surface area contributed by atoms with Crippen LogP contribution >= 0.6 is 0 Å². The molecule has 36 heavy (non-hydrogen) atoms. The lowest BCUT2D eigenvalue weighted by Gasteiger charge is -2.25. The van der Waals surface area contributed by atoms with Crippen molar-refractivity contribution in [2.24, 2.45) is 5.41 Å². The lowest BCUT2D eigenvalue weighted by Crippen LogP contribution is -2.37. The van der Waals surface area contributed by atoms with E-state index in [1.165, 1.54) is 17.0 Å². The van der Waals surface area contributed by atoms with Crippen LogP contribution < -0.4 is 4.74 Å². The Hall–Kier alpha value is -3.81.